The zero-order valence-corrected chi connectivity index (χ0v) is 29.4. The number of hydrogen-bond acceptors (Lipinski definition) is 10. The van der Waals surface area contributed by atoms with E-state index in [4.69, 9.17) is 9.47 Å². The van der Waals surface area contributed by atoms with Crippen molar-refractivity contribution in [3.63, 3.8) is 0 Å². The first kappa shape index (κ1) is 34.1. The Morgan fingerprint density at radius 1 is 0.600 bits per heavy atom. The van der Waals surface area contributed by atoms with Crippen LogP contribution in [0.15, 0.2) is 84.9 Å². The van der Waals surface area contributed by atoms with E-state index in [-0.39, 0.29) is 44.9 Å². The Hall–Kier alpha value is -5.76. The van der Waals surface area contributed by atoms with Crippen LogP contribution in [0.5, 0.6) is 11.5 Å². The molecule has 2 heterocycles. The maximum atomic E-state index is 12.9. The van der Waals surface area contributed by atoms with Crippen LogP contribution in [0.2, 0.25) is 0 Å². The number of rotatable bonds is 7. The van der Waals surface area contributed by atoms with E-state index >= 15 is 0 Å². The molecule has 11 nitrogen and oxygen atoms in total. The van der Waals surface area contributed by atoms with E-state index in [0.717, 1.165) is 18.1 Å². The number of nitrogens with zero attached hydrogens (tertiary/aromatic N) is 1. The van der Waals surface area contributed by atoms with Gasteiger partial charge in [0.25, 0.3) is 11.8 Å². The van der Waals surface area contributed by atoms with Crippen LogP contribution in [-0.4, -0.2) is 50.4 Å². The second-order valence-electron chi connectivity index (χ2n) is 12.1. The molecule has 0 saturated heterocycles. The molecule has 0 saturated carbocycles. The third kappa shape index (κ3) is 5.50. The van der Waals surface area contributed by atoms with Gasteiger partial charge in [0.2, 0.25) is 5.91 Å². The molecule has 50 heavy (non-hydrogen) atoms. The fourth-order valence-corrected chi connectivity index (χ4v) is 10.4. The van der Waals surface area contributed by atoms with Crippen LogP contribution in [-0.2, 0) is 15.0 Å². The van der Waals surface area contributed by atoms with E-state index < -0.39 is 64.4 Å². The third-order valence-corrected chi connectivity index (χ3v) is 15.8. The van der Waals surface area contributed by atoms with Crippen molar-refractivity contribution in [2.45, 2.75) is 33.1 Å². The molecule has 6 rings (SSSR count). The number of carbonyl (C=O) groups excluding carboxylic acids is 8. The summed E-state index contributed by atoms with van der Waals surface area (Å²) in [5.74, 6) is -3.24. The van der Waals surface area contributed by atoms with Crippen molar-refractivity contribution in [3.05, 3.63) is 129 Å². The number of esters is 2. The number of ether oxygens (including phenoxy) is 2. The summed E-state index contributed by atoms with van der Waals surface area (Å²) in [6.45, 7) is 6.28. The Labute approximate surface area is 289 Å². The van der Waals surface area contributed by atoms with Gasteiger partial charge in [0.05, 0.1) is 16.7 Å². The van der Waals surface area contributed by atoms with Crippen molar-refractivity contribution in [3.8, 4) is 11.5 Å². The maximum absolute atomic E-state index is 12.9. The molecule has 2 aliphatic rings. The number of imide groups is 3. The summed E-state index contributed by atoms with van der Waals surface area (Å²) in [5, 5.41) is 0. The molecule has 0 bridgehead atoms. The molecule has 1 unspecified atom stereocenters. The molecule has 1 atom stereocenters. The number of amides is 3. The first-order valence-corrected chi connectivity index (χ1v) is 19.8. The standard InChI is InChI=1S/C38H28INO10/c1-20(41)39(5)32(43)28-16-6-22(18-30(28)33(39)44)36(47)49-26-12-8-24(9-13-26)38(3,4)25-10-14-27(15-11-25)50-37(48)23-7-17-29-31(19-23)35(46)40(21(2)42)34(29)45/h6-19H,5H2,1-4H3. The summed E-state index contributed by atoms with van der Waals surface area (Å²) in [6, 6.07) is 21.6. The fraction of sp³-hybridized carbons (Fsp3) is 0.132. The van der Waals surface area contributed by atoms with Gasteiger partial charge in [-0.1, -0.05) is 12.1 Å². The topological polar surface area (TPSA) is 158 Å². The molecule has 3 amide bonds. The van der Waals surface area contributed by atoms with Gasteiger partial charge in [-0.05, 0) is 30.3 Å². The van der Waals surface area contributed by atoms with Crippen LogP contribution in [0.3, 0.4) is 0 Å². The first-order valence-electron chi connectivity index (χ1n) is 15.1. The van der Waals surface area contributed by atoms with E-state index in [1.54, 1.807) is 48.5 Å². The van der Waals surface area contributed by atoms with Gasteiger partial charge < -0.3 is 4.74 Å². The van der Waals surface area contributed by atoms with Gasteiger partial charge in [-0.15, -0.1) is 0 Å². The molecule has 0 aliphatic carbocycles. The summed E-state index contributed by atoms with van der Waals surface area (Å²) >= 11 is -4.28. The summed E-state index contributed by atoms with van der Waals surface area (Å²) < 4.78 is 13.2. The molecule has 0 aromatic heterocycles. The Morgan fingerprint density at radius 2 is 1.02 bits per heavy atom. The van der Waals surface area contributed by atoms with Gasteiger partial charge in [0.1, 0.15) is 5.75 Å². The second kappa shape index (κ2) is 12.3. The Balaban J connectivity index is 1.12. The van der Waals surface area contributed by atoms with Crippen LogP contribution in [0.4, 0.5) is 0 Å². The van der Waals surface area contributed by atoms with Gasteiger partial charge in [0, 0.05) is 6.92 Å². The number of hydrogen-bond donors (Lipinski definition) is 0. The van der Waals surface area contributed by atoms with Crippen LogP contribution >= 0.6 is 18.0 Å². The SMILES string of the molecule is C=I1(C(C)=O)C(=O)c2ccc(C(=O)Oc3ccc(C(C)(C)c4ccc(OC(=O)c5ccc6c(c5)C(=O)N(C(C)=O)C6=O)cc4)cc3)cc2C1=O. The van der Waals surface area contributed by atoms with E-state index in [1.807, 2.05) is 13.8 Å². The quantitative estimate of drug-likeness (QED) is 0.0726. The molecule has 2 aliphatic heterocycles. The van der Waals surface area contributed by atoms with Crippen LogP contribution in [0.25, 0.3) is 0 Å². The molecule has 4 aromatic carbocycles. The van der Waals surface area contributed by atoms with Gasteiger partial charge in [-0.3, -0.25) is 14.4 Å². The molecular formula is C38H28INO10. The van der Waals surface area contributed by atoms with Crippen molar-refractivity contribution >= 4 is 63.5 Å². The number of carbonyl (C=O) groups is 8. The minimum atomic E-state index is -4.28. The van der Waals surface area contributed by atoms with Gasteiger partial charge in [-0.25, -0.2) is 9.69 Å². The van der Waals surface area contributed by atoms with E-state index in [1.165, 1.54) is 43.3 Å². The minimum absolute atomic E-state index is 0.0311. The summed E-state index contributed by atoms with van der Waals surface area (Å²) in [7, 11) is 0. The predicted octanol–water partition coefficient (Wildman–Crippen LogP) is 5.91. The second-order valence-corrected chi connectivity index (χ2v) is 19.5. The zero-order chi connectivity index (χ0) is 36.3. The fourth-order valence-electron chi connectivity index (χ4n) is 5.70. The van der Waals surface area contributed by atoms with Gasteiger partial charge in [0.15, 0.2) is 0 Å². The van der Waals surface area contributed by atoms with E-state index in [9.17, 15) is 38.4 Å². The molecule has 12 heteroatoms. The number of benzene rings is 4. The van der Waals surface area contributed by atoms with Crippen molar-refractivity contribution < 1.29 is 47.8 Å². The first-order chi connectivity index (χ1) is 23.5. The molecular weight excluding hydrogens is 757 g/mol. The van der Waals surface area contributed by atoms with E-state index in [0.29, 0.717) is 4.90 Å². The Kier molecular flexibility index (Phi) is 8.38. The Morgan fingerprint density at radius 3 is 1.48 bits per heavy atom. The number of halogens is 1. The predicted molar refractivity (Wildman–Crippen MR) is 189 cm³/mol. The van der Waals surface area contributed by atoms with Crippen molar-refractivity contribution in [1.29, 1.82) is 0 Å². The Bertz CT molecular complexity index is 2280. The molecule has 0 radical (unpaired) electrons. The molecule has 252 valence electrons. The van der Waals surface area contributed by atoms with Crippen molar-refractivity contribution in [2.24, 2.45) is 0 Å². The average Bonchev–Trinajstić information content (AvgIpc) is 3.46. The monoisotopic (exact) mass is 785 g/mol. The average molecular weight is 786 g/mol. The van der Waals surface area contributed by atoms with Crippen LogP contribution < -0.4 is 9.47 Å². The molecule has 0 N–H and O–H groups in total. The number of fused-ring (bicyclic) bond motifs is 2. The molecule has 4 aromatic rings. The van der Waals surface area contributed by atoms with Crippen molar-refractivity contribution in [1.82, 2.24) is 4.90 Å². The zero-order valence-electron chi connectivity index (χ0n) is 27.2. The molecule has 0 fully saturated rings. The summed E-state index contributed by atoms with van der Waals surface area (Å²) in [4.78, 5) is 101. The van der Waals surface area contributed by atoms with Gasteiger partial charge >= 0.3 is 172 Å². The third-order valence-electron chi connectivity index (χ3n) is 8.73. The van der Waals surface area contributed by atoms with Crippen LogP contribution in [0.1, 0.15) is 101 Å². The van der Waals surface area contributed by atoms with Gasteiger partial charge in [-0.2, -0.15) is 0 Å². The molecule has 0 spiro atoms. The van der Waals surface area contributed by atoms with Crippen molar-refractivity contribution in [2.75, 3.05) is 0 Å². The summed E-state index contributed by atoms with van der Waals surface area (Å²) in [5.41, 5.74) is 1.45. The van der Waals surface area contributed by atoms with E-state index in [2.05, 4.69) is 4.51 Å². The van der Waals surface area contributed by atoms with Crippen LogP contribution in [0, 0.1) is 0 Å². The summed E-state index contributed by atoms with van der Waals surface area (Å²) in [6.07, 6.45) is 0. The normalized spacial score (nSPS) is 17.9.